The number of amides is 1. The Bertz CT molecular complexity index is 1170. The SMILES string of the molecule is Cc1ccc(-n2nc3cc(C)c(NC(=O)c4cc(C)cc(C)c4)cc3n2)cc1. The fraction of sp³-hybridized carbons (Fsp3) is 0.174. The van der Waals surface area contributed by atoms with Crippen LogP contribution in [0.5, 0.6) is 0 Å². The molecule has 1 aromatic heterocycles. The minimum atomic E-state index is -0.125. The van der Waals surface area contributed by atoms with E-state index < -0.39 is 0 Å². The fourth-order valence-electron chi connectivity index (χ4n) is 3.30. The number of hydrogen-bond acceptors (Lipinski definition) is 3. The van der Waals surface area contributed by atoms with Gasteiger partial charge in [0.2, 0.25) is 0 Å². The second-order valence-corrected chi connectivity index (χ2v) is 7.31. The van der Waals surface area contributed by atoms with Gasteiger partial charge in [0.15, 0.2) is 0 Å². The minimum absolute atomic E-state index is 0.125. The number of hydrogen-bond donors (Lipinski definition) is 1. The second kappa shape index (κ2) is 6.93. The van der Waals surface area contributed by atoms with Crippen LogP contribution in [0.15, 0.2) is 54.6 Å². The lowest BCUT2D eigenvalue weighted by Crippen LogP contribution is -2.13. The molecule has 0 bridgehead atoms. The Labute approximate surface area is 164 Å². The average Bonchev–Trinajstić information content (AvgIpc) is 3.04. The van der Waals surface area contributed by atoms with Crippen molar-refractivity contribution in [3.63, 3.8) is 0 Å². The highest BCUT2D eigenvalue weighted by Gasteiger charge is 2.12. The molecule has 0 aliphatic carbocycles. The molecule has 4 rings (SSSR count). The number of carbonyl (C=O) groups excluding carboxylic acids is 1. The summed E-state index contributed by atoms with van der Waals surface area (Å²) < 4.78 is 0. The summed E-state index contributed by atoms with van der Waals surface area (Å²) in [5, 5.41) is 12.2. The van der Waals surface area contributed by atoms with Crippen molar-refractivity contribution in [2.45, 2.75) is 27.7 Å². The highest BCUT2D eigenvalue weighted by molar-refractivity contribution is 6.05. The van der Waals surface area contributed by atoms with E-state index in [1.165, 1.54) is 5.56 Å². The summed E-state index contributed by atoms with van der Waals surface area (Å²) in [6, 6.07) is 17.7. The van der Waals surface area contributed by atoms with E-state index in [0.717, 1.165) is 39.1 Å². The molecule has 28 heavy (non-hydrogen) atoms. The highest BCUT2D eigenvalue weighted by Crippen LogP contribution is 2.23. The van der Waals surface area contributed by atoms with Gasteiger partial charge in [0.05, 0.1) is 5.69 Å². The lowest BCUT2D eigenvalue weighted by Gasteiger charge is -2.09. The molecule has 1 amide bonds. The molecule has 0 spiro atoms. The number of aryl methyl sites for hydroxylation is 4. The maximum atomic E-state index is 12.7. The lowest BCUT2D eigenvalue weighted by molar-refractivity contribution is 0.102. The number of rotatable bonds is 3. The number of nitrogens with zero attached hydrogens (tertiary/aromatic N) is 3. The van der Waals surface area contributed by atoms with Crippen LogP contribution in [0.1, 0.15) is 32.6 Å². The van der Waals surface area contributed by atoms with Gasteiger partial charge in [0, 0.05) is 11.3 Å². The quantitative estimate of drug-likeness (QED) is 0.558. The van der Waals surface area contributed by atoms with E-state index in [1.807, 2.05) is 76.2 Å². The maximum Gasteiger partial charge on any atom is 0.255 e. The van der Waals surface area contributed by atoms with Gasteiger partial charge in [-0.3, -0.25) is 4.79 Å². The van der Waals surface area contributed by atoms with Crippen LogP contribution in [-0.4, -0.2) is 20.9 Å². The van der Waals surface area contributed by atoms with Crippen molar-refractivity contribution in [2.24, 2.45) is 0 Å². The van der Waals surface area contributed by atoms with E-state index in [4.69, 9.17) is 0 Å². The third-order valence-electron chi connectivity index (χ3n) is 4.72. The molecule has 0 aliphatic heterocycles. The molecule has 0 radical (unpaired) electrons. The van der Waals surface area contributed by atoms with Crippen molar-refractivity contribution in [2.75, 3.05) is 5.32 Å². The molecular formula is C23H22N4O. The molecule has 1 heterocycles. The van der Waals surface area contributed by atoms with Crippen molar-refractivity contribution in [3.05, 3.63) is 82.4 Å². The van der Waals surface area contributed by atoms with Crippen molar-refractivity contribution in [3.8, 4) is 5.69 Å². The normalized spacial score (nSPS) is 11.0. The third kappa shape index (κ3) is 3.51. The molecule has 1 N–H and O–H groups in total. The lowest BCUT2D eigenvalue weighted by atomic mass is 10.1. The molecule has 4 aromatic rings. The third-order valence-corrected chi connectivity index (χ3v) is 4.72. The van der Waals surface area contributed by atoms with Gasteiger partial charge in [-0.2, -0.15) is 4.80 Å². The van der Waals surface area contributed by atoms with Crippen molar-refractivity contribution >= 4 is 22.6 Å². The first kappa shape index (κ1) is 17.9. The van der Waals surface area contributed by atoms with E-state index in [9.17, 15) is 4.79 Å². The van der Waals surface area contributed by atoms with Crippen molar-refractivity contribution < 1.29 is 4.79 Å². The Hall–Kier alpha value is -3.47. The van der Waals surface area contributed by atoms with Crippen LogP contribution in [0.4, 0.5) is 5.69 Å². The van der Waals surface area contributed by atoms with Crippen LogP contribution in [0, 0.1) is 27.7 Å². The van der Waals surface area contributed by atoms with E-state index in [-0.39, 0.29) is 5.91 Å². The number of carbonyl (C=O) groups is 1. The molecule has 0 unspecified atom stereocenters. The van der Waals surface area contributed by atoms with Crippen LogP contribution in [0.2, 0.25) is 0 Å². The zero-order valence-corrected chi connectivity index (χ0v) is 16.4. The monoisotopic (exact) mass is 370 g/mol. The average molecular weight is 370 g/mol. The van der Waals surface area contributed by atoms with E-state index in [1.54, 1.807) is 4.80 Å². The first-order chi connectivity index (χ1) is 13.4. The van der Waals surface area contributed by atoms with Crippen LogP contribution < -0.4 is 5.32 Å². The predicted octanol–water partition coefficient (Wildman–Crippen LogP) is 4.91. The number of benzene rings is 3. The van der Waals surface area contributed by atoms with Gasteiger partial charge in [-0.15, -0.1) is 10.2 Å². The minimum Gasteiger partial charge on any atom is -0.322 e. The van der Waals surface area contributed by atoms with Crippen LogP contribution in [0.3, 0.4) is 0 Å². The topological polar surface area (TPSA) is 59.8 Å². The van der Waals surface area contributed by atoms with Crippen molar-refractivity contribution in [1.29, 1.82) is 0 Å². The first-order valence-electron chi connectivity index (χ1n) is 9.23. The van der Waals surface area contributed by atoms with Gasteiger partial charge < -0.3 is 5.32 Å². The van der Waals surface area contributed by atoms with Gasteiger partial charge in [-0.1, -0.05) is 34.9 Å². The Balaban J connectivity index is 1.67. The number of nitrogens with one attached hydrogen (secondary N) is 1. The number of aromatic nitrogens is 3. The molecule has 0 aliphatic rings. The summed E-state index contributed by atoms with van der Waals surface area (Å²) in [6.45, 7) is 7.99. The van der Waals surface area contributed by atoms with E-state index in [0.29, 0.717) is 5.56 Å². The predicted molar refractivity (Wildman–Crippen MR) is 112 cm³/mol. The number of anilines is 1. The standard InChI is InChI=1S/C23H22N4O/c1-14-5-7-19(8-6-14)27-25-21-12-17(4)20(13-22(21)26-27)24-23(28)18-10-15(2)9-16(3)11-18/h5-13H,1-4H3,(H,24,28). The Morgan fingerprint density at radius 3 is 2.04 bits per heavy atom. The Morgan fingerprint density at radius 1 is 0.786 bits per heavy atom. The molecule has 0 fully saturated rings. The summed E-state index contributed by atoms with van der Waals surface area (Å²) in [5.41, 5.74) is 8.10. The van der Waals surface area contributed by atoms with Gasteiger partial charge in [0.1, 0.15) is 11.0 Å². The molecule has 5 nitrogen and oxygen atoms in total. The maximum absolute atomic E-state index is 12.7. The summed E-state index contributed by atoms with van der Waals surface area (Å²) in [7, 11) is 0. The summed E-state index contributed by atoms with van der Waals surface area (Å²) in [6.07, 6.45) is 0. The van der Waals surface area contributed by atoms with E-state index >= 15 is 0 Å². The highest BCUT2D eigenvalue weighted by atomic mass is 16.1. The largest absolute Gasteiger partial charge is 0.322 e. The summed E-state index contributed by atoms with van der Waals surface area (Å²) in [4.78, 5) is 14.3. The van der Waals surface area contributed by atoms with Gasteiger partial charge in [0.25, 0.3) is 5.91 Å². The molecule has 0 saturated carbocycles. The Kier molecular flexibility index (Phi) is 4.43. The van der Waals surface area contributed by atoms with Gasteiger partial charge in [-0.05, 0) is 69.7 Å². The number of fused-ring (bicyclic) bond motifs is 1. The molecule has 0 atom stereocenters. The summed E-state index contributed by atoms with van der Waals surface area (Å²) >= 11 is 0. The first-order valence-corrected chi connectivity index (χ1v) is 9.23. The van der Waals surface area contributed by atoms with Crippen LogP contribution >= 0.6 is 0 Å². The van der Waals surface area contributed by atoms with Gasteiger partial charge >= 0.3 is 0 Å². The van der Waals surface area contributed by atoms with E-state index in [2.05, 4.69) is 21.6 Å². The molecule has 5 heteroatoms. The molecule has 0 saturated heterocycles. The zero-order valence-electron chi connectivity index (χ0n) is 16.4. The molecule has 140 valence electrons. The second-order valence-electron chi connectivity index (χ2n) is 7.31. The van der Waals surface area contributed by atoms with Crippen LogP contribution in [0.25, 0.3) is 16.7 Å². The summed E-state index contributed by atoms with van der Waals surface area (Å²) in [5.74, 6) is -0.125. The zero-order chi connectivity index (χ0) is 19.8. The van der Waals surface area contributed by atoms with Gasteiger partial charge in [-0.25, -0.2) is 0 Å². The van der Waals surface area contributed by atoms with Crippen molar-refractivity contribution in [1.82, 2.24) is 15.0 Å². The Morgan fingerprint density at radius 2 is 1.39 bits per heavy atom. The fourth-order valence-corrected chi connectivity index (χ4v) is 3.30. The molecule has 3 aromatic carbocycles. The van der Waals surface area contributed by atoms with Crippen LogP contribution in [-0.2, 0) is 0 Å². The smallest absolute Gasteiger partial charge is 0.255 e. The molecular weight excluding hydrogens is 348 g/mol.